The maximum atomic E-state index is 12.1. The second-order valence-corrected chi connectivity index (χ2v) is 8.28. The molecular weight excluding hydrogens is 304 g/mol. The number of piperidine rings is 1. The third kappa shape index (κ3) is 6.60. The molecular formula is C19H36N2O3. The van der Waals surface area contributed by atoms with Crippen LogP contribution in [0.25, 0.3) is 0 Å². The van der Waals surface area contributed by atoms with Gasteiger partial charge in [0, 0.05) is 25.7 Å². The van der Waals surface area contributed by atoms with Crippen LogP contribution in [0.15, 0.2) is 0 Å². The second kappa shape index (κ2) is 9.04. The van der Waals surface area contributed by atoms with Crippen molar-refractivity contribution in [2.45, 2.75) is 84.0 Å². The molecule has 0 radical (unpaired) electrons. The Labute approximate surface area is 147 Å². The zero-order valence-corrected chi connectivity index (χ0v) is 16.0. The largest absolute Gasteiger partial charge is 0.444 e. The van der Waals surface area contributed by atoms with Gasteiger partial charge in [-0.25, -0.2) is 4.79 Å². The highest BCUT2D eigenvalue weighted by atomic mass is 16.6. The minimum Gasteiger partial charge on any atom is -0.444 e. The molecule has 1 N–H and O–H groups in total. The predicted molar refractivity (Wildman–Crippen MR) is 96.2 cm³/mol. The Balaban J connectivity index is 1.85. The van der Waals surface area contributed by atoms with Crippen molar-refractivity contribution < 1.29 is 14.3 Å². The number of rotatable bonds is 5. The second-order valence-electron chi connectivity index (χ2n) is 8.28. The molecule has 1 amide bonds. The lowest BCUT2D eigenvalue weighted by Crippen LogP contribution is -2.50. The van der Waals surface area contributed by atoms with E-state index in [9.17, 15) is 4.79 Å². The Morgan fingerprint density at radius 3 is 2.62 bits per heavy atom. The van der Waals surface area contributed by atoms with E-state index < -0.39 is 5.60 Å². The van der Waals surface area contributed by atoms with Gasteiger partial charge in [-0.2, -0.15) is 0 Å². The van der Waals surface area contributed by atoms with Gasteiger partial charge in [0.2, 0.25) is 0 Å². The minimum absolute atomic E-state index is 0.237. The average Bonchev–Trinajstić information content (AvgIpc) is 2.48. The summed E-state index contributed by atoms with van der Waals surface area (Å²) >= 11 is 0. The molecule has 2 fully saturated rings. The summed E-state index contributed by atoms with van der Waals surface area (Å²) in [6, 6.07) is 0.237. The molecule has 2 rings (SSSR count). The number of nitrogens with zero attached hydrogens (tertiary/aromatic N) is 1. The first-order chi connectivity index (χ1) is 11.4. The van der Waals surface area contributed by atoms with E-state index >= 15 is 0 Å². The first-order valence-electron chi connectivity index (χ1n) is 9.71. The number of carbonyl (C=O) groups excluding carboxylic acids is 1. The zero-order chi connectivity index (χ0) is 17.6. The normalized spacial score (nSPS) is 29.2. The van der Waals surface area contributed by atoms with E-state index in [1.54, 1.807) is 0 Å². The van der Waals surface area contributed by atoms with Crippen LogP contribution in [0.1, 0.15) is 66.2 Å². The van der Waals surface area contributed by atoms with E-state index in [2.05, 4.69) is 17.1 Å². The molecule has 5 nitrogen and oxygen atoms in total. The molecule has 0 spiro atoms. The van der Waals surface area contributed by atoms with Crippen molar-refractivity contribution in [2.75, 3.05) is 26.2 Å². The fraction of sp³-hybridized carbons (Fsp3) is 0.947. The van der Waals surface area contributed by atoms with Crippen LogP contribution in [-0.2, 0) is 9.47 Å². The number of nitrogens with one attached hydrogen (secondary N) is 1. The van der Waals surface area contributed by atoms with Crippen LogP contribution < -0.4 is 5.32 Å². The Hall–Kier alpha value is -0.810. The van der Waals surface area contributed by atoms with Crippen molar-refractivity contribution in [1.29, 1.82) is 0 Å². The topological polar surface area (TPSA) is 50.8 Å². The molecule has 0 aromatic carbocycles. The van der Waals surface area contributed by atoms with Crippen molar-refractivity contribution >= 4 is 6.09 Å². The highest BCUT2D eigenvalue weighted by Crippen LogP contribution is 2.27. The Kier molecular flexibility index (Phi) is 7.35. The van der Waals surface area contributed by atoms with E-state index in [1.165, 1.54) is 32.1 Å². The van der Waals surface area contributed by atoms with Crippen molar-refractivity contribution in [3.63, 3.8) is 0 Å². The zero-order valence-electron chi connectivity index (χ0n) is 16.0. The summed E-state index contributed by atoms with van der Waals surface area (Å²) in [6.45, 7) is 11.8. The number of carbonyl (C=O) groups is 1. The van der Waals surface area contributed by atoms with Gasteiger partial charge in [-0.3, -0.25) is 0 Å². The van der Waals surface area contributed by atoms with Gasteiger partial charge in [0.1, 0.15) is 5.60 Å². The van der Waals surface area contributed by atoms with Gasteiger partial charge in [-0.05, 0) is 65.8 Å². The van der Waals surface area contributed by atoms with Crippen LogP contribution in [-0.4, -0.2) is 55.0 Å². The summed E-state index contributed by atoms with van der Waals surface area (Å²) in [6.07, 6.45) is 7.20. The molecule has 1 heterocycles. The van der Waals surface area contributed by atoms with E-state index in [-0.39, 0.29) is 12.1 Å². The van der Waals surface area contributed by atoms with Crippen LogP contribution in [0.4, 0.5) is 4.79 Å². The number of alkyl carbamates (subject to hydrolysis) is 1. The first kappa shape index (κ1) is 19.5. The van der Waals surface area contributed by atoms with Crippen LogP contribution in [0.3, 0.4) is 0 Å². The summed E-state index contributed by atoms with van der Waals surface area (Å²) in [5.74, 6) is 0.520. The highest BCUT2D eigenvalue weighted by molar-refractivity contribution is 5.68. The maximum absolute atomic E-state index is 12.1. The Morgan fingerprint density at radius 1 is 1.17 bits per heavy atom. The van der Waals surface area contributed by atoms with Crippen LogP contribution in [0, 0.1) is 5.92 Å². The lowest BCUT2D eigenvalue weighted by molar-refractivity contribution is -0.00240. The van der Waals surface area contributed by atoms with Crippen molar-refractivity contribution in [3.05, 3.63) is 0 Å². The van der Waals surface area contributed by atoms with Gasteiger partial charge >= 0.3 is 6.09 Å². The molecule has 140 valence electrons. The molecule has 0 aromatic rings. The Bertz CT molecular complexity index is 393. The molecule has 1 saturated heterocycles. The van der Waals surface area contributed by atoms with E-state index in [4.69, 9.17) is 9.47 Å². The fourth-order valence-corrected chi connectivity index (χ4v) is 3.96. The van der Waals surface area contributed by atoms with Crippen molar-refractivity contribution in [1.82, 2.24) is 10.2 Å². The molecule has 0 aromatic heterocycles. The fourth-order valence-electron chi connectivity index (χ4n) is 3.96. The molecule has 2 unspecified atom stereocenters. The standard InChI is InChI=1S/C19H36N2O3/c1-5-23-16-10-8-12-21(14-16)13-15-9-6-7-11-17(15)20-18(22)24-19(2,3)4/h15-17H,5-14H2,1-4H3,(H,20,22)/t15?,16-,17?/m1/s1. The third-order valence-electron chi connectivity index (χ3n) is 4.97. The lowest BCUT2D eigenvalue weighted by Gasteiger charge is -2.39. The van der Waals surface area contributed by atoms with Gasteiger partial charge in [0.25, 0.3) is 0 Å². The monoisotopic (exact) mass is 340 g/mol. The van der Waals surface area contributed by atoms with Crippen LogP contribution in [0.2, 0.25) is 0 Å². The molecule has 0 bridgehead atoms. The average molecular weight is 341 g/mol. The Morgan fingerprint density at radius 2 is 1.92 bits per heavy atom. The lowest BCUT2D eigenvalue weighted by atomic mass is 9.84. The molecule has 5 heteroatoms. The number of amides is 1. The summed E-state index contributed by atoms with van der Waals surface area (Å²) in [7, 11) is 0. The number of hydrogen-bond acceptors (Lipinski definition) is 4. The SMILES string of the molecule is CCO[C@@H]1CCCN(CC2CCCCC2NC(=O)OC(C)(C)C)C1. The summed E-state index contributed by atoms with van der Waals surface area (Å²) in [5, 5.41) is 3.13. The molecule has 2 aliphatic rings. The van der Waals surface area contributed by atoms with Gasteiger partial charge in [-0.1, -0.05) is 12.8 Å². The predicted octanol–water partition coefficient (Wildman–Crippen LogP) is 3.57. The van der Waals surface area contributed by atoms with E-state index in [0.29, 0.717) is 12.0 Å². The summed E-state index contributed by atoms with van der Waals surface area (Å²) in [5.41, 5.74) is -0.439. The summed E-state index contributed by atoms with van der Waals surface area (Å²) < 4.78 is 11.3. The molecule has 3 atom stereocenters. The summed E-state index contributed by atoms with van der Waals surface area (Å²) in [4.78, 5) is 14.7. The van der Waals surface area contributed by atoms with E-state index in [0.717, 1.165) is 32.7 Å². The molecule has 1 aliphatic heterocycles. The quantitative estimate of drug-likeness (QED) is 0.831. The van der Waals surface area contributed by atoms with Gasteiger partial charge in [0.05, 0.1) is 6.10 Å². The van der Waals surface area contributed by atoms with Crippen molar-refractivity contribution in [2.24, 2.45) is 5.92 Å². The molecule has 1 aliphatic carbocycles. The molecule has 1 saturated carbocycles. The van der Waals surface area contributed by atoms with Crippen LogP contribution >= 0.6 is 0 Å². The smallest absolute Gasteiger partial charge is 0.407 e. The van der Waals surface area contributed by atoms with Gasteiger partial charge in [-0.15, -0.1) is 0 Å². The maximum Gasteiger partial charge on any atom is 0.407 e. The third-order valence-corrected chi connectivity index (χ3v) is 4.97. The number of hydrogen-bond donors (Lipinski definition) is 1. The van der Waals surface area contributed by atoms with Crippen molar-refractivity contribution in [3.8, 4) is 0 Å². The highest BCUT2D eigenvalue weighted by Gasteiger charge is 2.31. The first-order valence-corrected chi connectivity index (χ1v) is 9.71. The van der Waals surface area contributed by atoms with Gasteiger partial charge < -0.3 is 19.7 Å². The van der Waals surface area contributed by atoms with Crippen LogP contribution in [0.5, 0.6) is 0 Å². The number of likely N-dealkylation sites (tertiary alicyclic amines) is 1. The molecule has 24 heavy (non-hydrogen) atoms. The number of ether oxygens (including phenoxy) is 2. The van der Waals surface area contributed by atoms with E-state index in [1.807, 2.05) is 20.8 Å². The minimum atomic E-state index is -0.439. The van der Waals surface area contributed by atoms with Gasteiger partial charge in [0.15, 0.2) is 0 Å².